The lowest BCUT2D eigenvalue weighted by Gasteiger charge is -2.22. The van der Waals surface area contributed by atoms with E-state index >= 15 is 0 Å². The average molecular weight is 460 g/mol. The van der Waals surface area contributed by atoms with Crippen molar-refractivity contribution >= 4 is 34.5 Å². The monoisotopic (exact) mass is 459 g/mol. The van der Waals surface area contributed by atoms with Gasteiger partial charge >= 0.3 is 6.18 Å². The van der Waals surface area contributed by atoms with Crippen LogP contribution in [0.1, 0.15) is 21.1 Å². The number of benzene rings is 1. The summed E-state index contributed by atoms with van der Waals surface area (Å²) in [6.07, 6.45) is -3.48. The molecule has 1 aromatic carbocycles. The summed E-state index contributed by atoms with van der Waals surface area (Å²) in [6.45, 7) is 0.359. The van der Waals surface area contributed by atoms with Crippen LogP contribution in [0, 0.1) is 12.7 Å². The van der Waals surface area contributed by atoms with Crippen LogP contribution in [-0.2, 0) is 6.54 Å². The molecule has 0 aliphatic carbocycles. The minimum Gasteiger partial charge on any atom is -0.467 e. The lowest BCUT2D eigenvalue weighted by atomic mass is 10.2. The second kappa shape index (κ2) is 8.97. The first kappa shape index (κ1) is 22.0. The summed E-state index contributed by atoms with van der Waals surface area (Å²) in [4.78, 5) is 22.5. The van der Waals surface area contributed by atoms with Crippen LogP contribution in [0.4, 0.5) is 23.2 Å². The molecule has 0 fully saturated rings. The zero-order valence-electron chi connectivity index (χ0n) is 15.4. The molecule has 2 aromatic heterocycles. The molecule has 0 saturated carbocycles. The SMILES string of the molecule is Cc1nc(CN(C(=O)c2cnc(OCC(F)(F)F)c(Cl)c2)c2ccc(F)cc2)cs1. The Kier molecular flexibility index (Phi) is 6.57. The fraction of sp³-hybridized carbons (Fsp3) is 0.211. The van der Waals surface area contributed by atoms with E-state index in [1.165, 1.54) is 46.6 Å². The van der Waals surface area contributed by atoms with Crippen LogP contribution in [0.5, 0.6) is 5.88 Å². The number of halogens is 5. The van der Waals surface area contributed by atoms with Crippen LogP contribution in [0.2, 0.25) is 5.02 Å². The predicted molar refractivity (Wildman–Crippen MR) is 105 cm³/mol. The highest BCUT2D eigenvalue weighted by Crippen LogP contribution is 2.27. The number of alkyl halides is 3. The van der Waals surface area contributed by atoms with Gasteiger partial charge in [0.25, 0.3) is 5.91 Å². The molecule has 0 N–H and O–H groups in total. The Morgan fingerprint density at radius 3 is 2.53 bits per heavy atom. The van der Waals surface area contributed by atoms with Crippen molar-refractivity contribution < 1.29 is 27.1 Å². The third-order valence-corrected chi connectivity index (χ3v) is 4.89. The number of amides is 1. The Labute approximate surface area is 177 Å². The Morgan fingerprint density at radius 2 is 1.97 bits per heavy atom. The Balaban J connectivity index is 1.88. The summed E-state index contributed by atoms with van der Waals surface area (Å²) in [5.41, 5.74) is 1.05. The van der Waals surface area contributed by atoms with Gasteiger partial charge in [0.05, 0.1) is 22.8 Å². The van der Waals surface area contributed by atoms with Crippen LogP contribution in [-0.4, -0.2) is 28.7 Å². The number of anilines is 1. The Morgan fingerprint density at radius 1 is 1.27 bits per heavy atom. The summed E-state index contributed by atoms with van der Waals surface area (Å²) >= 11 is 7.36. The van der Waals surface area contributed by atoms with Gasteiger partial charge in [0, 0.05) is 17.3 Å². The van der Waals surface area contributed by atoms with E-state index in [2.05, 4.69) is 14.7 Å². The van der Waals surface area contributed by atoms with E-state index in [9.17, 15) is 22.4 Å². The number of nitrogens with zero attached hydrogens (tertiary/aromatic N) is 3. The highest BCUT2D eigenvalue weighted by Gasteiger charge is 2.29. The van der Waals surface area contributed by atoms with Crippen molar-refractivity contribution in [3.05, 3.63) is 69.0 Å². The van der Waals surface area contributed by atoms with Crippen LogP contribution in [0.3, 0.4) is 0 Å². The van der Waals surface area contributed by atoms with Crippen molar-refractivity contribution in [3.8, 4) is 5.88 Å². The smallest absolute Gasteiger partial charge is 0.422 e. The van der Waals surface area contributed by atoms with Crippen molar-refractivity contribution in [2.45, 2.75) is 19.6 Å². The number of rotatable bonds is 6. The lowest BCUT2D eigenvalue weighted by molar-refractivity contribution is -0.154. The maximum Gasteiger partial charge on any atom is 0.422 e. The molecular formula is C19H14ClF4N3O2S. The van der Waals surface area contributed by atoms with Crippen molar-refractivity contribution in [2.24, 2.45) is 0 Å². The van der Waals surface area contributed by atoms with Crippen LogP contribution < -0.4 is 9.64 Å². The number of hydrogen-bond donors (Lipinski definition) is 0. The zero-order valence-corrected chi connectivity index (χ0v) is 17.0. The van der Waals surface area contributed by atoms with Gasteiger partial charge in [0.15, 0.2) is 6.61 Å². The van der Waals surface area contributed by atoms with Gasteiger partial charge in [0.2, 0.25) is 5.88 Å². The van der Waals surface area contributed by atoms with Crippen LogP contribution in [0.25, 0.3) is 0 Å². The fourth-order valence-electron chi connectivity index (χ4n) is 2.50. The quantitative estimate of drug-likeness (QED) is 0.461. The van der Waals surface area contributed by atoms with E-state index in [0.717, 1.165) is 11.2 Å². The van der Waals surface area contributed by atoms with Gasteiger partial charge in [0.1, 0.15) is 10.8 Å². The molecule has 3 aromatic rings. The molecule has 3 rings (SSSR count). The average Bonchev–Trinajstić information content (AvgIpc) is 3.09. The number of aromatic nitrogens is 2. The molecule has 1 amide bonds. The second-order valence-corrected chi connectivity index (χ2v) is 7.61. The van der Waals surface area contributed by atoms with E-state index < -0.39 is 30.4 Å². The summed E-state index contributed by atoms with van der Waals surface area (Å²) in [5, 5.41) is 2.36. The van der Waals surface area contributed by atoms with Gasteiger partial charge in [-0.1, -0.05) is 11.6 Å². The Bertz CT molecular complexity index is 1040. The van der Waals surface area contributed by atoms with Gasteiger partial charge in [-0.05, 0) is 37.3 Å². The first-order valence-electron chi connectivity index (χ1n) is 8.46. The minimum atomic E-state index is -4.55. The minimum absolute atomic E-state index is 0.0237. The molecule has 0 aliphatic heterocycles. The maximum absolute atomic E-state index is 13.3. The highest BCUT2D eigenvalue weighted by atomic mass is 35.5. The first-order chi connectivity index (χ1) is 14.1. The van der Waals surface area contributed by atoms with E-state index in [4.69, 9.17) is 11.6 Å². The van der Waals surface area contributed by atoms with Crippen molar-refractivity contribution in [1.82, 2.24) is 9.97 Å². The second-order valence-electron chi connectivity index (χ2n) is 6.14. The third-order valence-electron chi connectivity index (χ3n) is 3.80. The third kappa shape index (κ3) is 5.67. The standard InChI is InChI=1S/C19H14ClF4N3O2S/c1-11-26-14(9-30-11)8-27(15-4-2-13(21)3-5-15)18(28)12-6-16(20)17(25-7-12)29-10-19(22,23)24/h2-7,9H,8,10H2,1H3. The topological polar surface area (TPSA) is 55.3 Å². The molecule has 30 heavy (non-hydrogen) atoms. The summed E-state index contributed by atoms with van der Waals surface area (Å²) in [6, 6.07) is 6.46. The molecule has 158 valence electrons. The van der Waals surface area contributed by atoms with Crippen molar-refractivity contribution in [3.63, 3.8) is 0 Å². The van der Waals surface area contributed by atoms with Crippen molar-refractivity contribution in [2.75, 3.05) is 11.5 Å². The molecule has 0 atom stereocenters. The van der Waals surface area contributed by atoms with Crippen LogP contribution in [0.15, 0.2) is 41.9 Å². The molecule has 0 radical (unpaired) electrons. The number of thiazole rings is 1. The number of ether oxygens (including phenoxy) is 1. The number of carbonyl (C=O) groups is 1. The molecule has 2 heterocycles. The maximum atomic E-state index is 13.3. The largest absolute Gasteiger partial charge is 0.467 e. The molecule has 0 bridgehead atoms. The van der Waals surface area contributed by atoms with Gasteiger partial charge in [-0.15, -0.1) is 11.3 Å². The van der Waals surface area contributed by atoms with Gasteiger partial charge < -0.3 is 9.64 Å². The molecular weight excluding hydrogens is 446 g/mol. The zero-order chi connectivity index (χ0) is 21.9. The van der Waals surface area contributed by atoms with Gasteiger partial charge in [-0.2, -0.15) is 13.2 Å². The predicted octanol–water partition coefficient (Wildman–Crippen LogP) is 5.43. The molecule has 0 saturated heterocycles. The summed E-state index contributed by atoms with van der Waals surface area (Å²) in [7, 11) is 0. The van der Waals surface area contributed by atoms with Crippen molar-refractivity contribution in [1.29, 1.82) is 0 Å². The molecule has 0 aliphatic rings. The van der Waals surface area contributed by atoms with Gasteiger partial charge in [-0.25, -0.2) is 14.4 Å². The normalized spacial score (nSPS) is 11.4. The fourth-order valence-corrected chi connectivity index (χ4v) is 3.32. The molecule has 5 nitrogen and oxygen atoms in total. The molecule has 11 heteroatoms. The Hall–Kier alpha value is -2.72. The van der Waals surface area contributed by atoms with Gasteiger partial charge in [-0.3, -0.25) is 4.79 Å². The number of carbonyl (C=O) groups excluding carboxylic acids is 1. The summed E-state index contributed by atoms with van der Waals surface area (Å²) in [5.74, 6) is -1.44. The number of pyridine rings is 1. The first-order valence-corrected chi connectivity index (χ1v) is 9.71. The highest BCUT2D eigenvalue weighted by molar-refractivity contribution is 7.09. The van der Waals surface area contributed by atoms with E-state index in [-0.39, 0.29) is 17.1 Å². The molecule has 0 unspecified atom stereocenters. The summed E-state index contributed by atoms with van der Waals surface area (Å²) < 4.78 is 54.8. The van der Waals surface area contributed by atoms with E-state index in [0.29, 0.717) is 11.4 Å². The number of hydrogen-bond acceptors (Lipinski definition) is 5. The van der Waals surface area contributed by atoms with E-state index in [1.807, 2.05) is 6.92 Å². The van der Waals surface area contributed by atoms with Crippen LogP contribution >= 0.6 is 22.9 Å². The molecule has 0 spiro atoms. The number of aryl methyl sites for hydroxylation is 1. The lowest BCUT2D eigenvalue weighted by Crippen LogP contribution is -2.30. The van der Waals surface area contributed by atoms with E-state index in [1.54, 1.807) is 5.38 Å².